The number of rotatable bonds is 5. The van der Waals surface area contributed by atoms with E-state index < -0.39 is 18.1 Å². The Labute approximate surface area is 129 Å². The van der Waals surface area contributed by atoms with Crippen LogP contribution in [0.2, 0.25) is 0 Å². The van der Waals surface area contributed by atoms with Crippen LogP contribution < -0.4 is 9.47 Å². The lowest BCUT2D eigenvalue weighted by Crippen LogP contribution is -2.17. The number of halogens is 3. The minimum absolute atomic E-state index is 0.0670. The summed E-state index contributed by atoms with van der Waals surface area (Å²) < 4.78 is 46.6. The molecule has 0 saturated heterocycles. The van der Waals surface area contributed by atoms with E-state index in [4.69, 9.17) is 9.84 Å². The summed E-state index contributed by atoms with van der Waals surface area (Å²) in [6.07, 6.45) is -3.87. The summed E-state index contributed by atoms with van der Waals surface area (Å²) in [6.45, 7) is 0. The molecular weight excluding hydrogens is 315 g/mol. The Kier molecular flexibility index (Phi) is 4.73. The number of nitrogens with zero attached hydrogens (tertiary/aromatic N) is 1. The number of aromatic nitrogens is 1. The molecule has 0 aliphatic carbocycles. The molecule has 0 amide bonds. The normalized spacial score (nSPS) is 11.1. The van der Waals surface area contributed by atoms with Crippen LogP contribution in [0.15, 0.2) is 36.5 Å². The van der Waals surface area contributed by atoms with Gasteiger partial charge in [-0.2, -0.15) is 0 Å². The first-order valence-corrected chi connectivity index (χ1v) is 6.40. The van der Waals surface area contributed by atoms with Crippen molar-refractivity contribution >= 4 is 5.97 Å². The Morgan fingerprint density at radius 3 is 2.57 bits per heavy atom. The SMILES string of the molecule is COc1ncc(CC(=O)O)cc1-c1ccccc1OC(F)(F)F. The van der Waals surface area contributed by atoms with E-state index in [1.807, 2.05) is 0 Å². The summed E-state index contributed by atoms with van der Waals surface area (Å²) in [7, 11) is 1.32. The number of carboxylic acids is 1. The van der Waals surface area contributed by atoms with Crippen molar-refractivity contribution in [2.75, 3.05) is 7.11 Å². The molecule has 0 radical (unpaired) electrons. The topological polar surface area (TPSA) is 68.7 Å². The van der Waals surface area contributed by atoms with Gasteiger partial charge in [0, 0.05) is 17.3 Å². The summed E-state index contributed by atoms with van der Waals surface area (Å²) in [5.41, 5.74) is 0.641. The lowest BCUT2D eigenvalue weighted by Gasteiger charge is -2.15. The van der Waals surface area contributed by atoms with Crippen LogP contribution in [0.5, 0.6) is 11.6 Å². The summed E-state index contributed by atoms with van der Waals surface area (Å²) in [5.74, 6) is -1.44. The molecule has 0 aliphatic rings. The second-order valence-corrected chi connectivity index (χ2v) is 4.51. The van der Waals surface area contributed by atoms with Gasteiger partial charge in [-0.15, -0.1) is 13.2 Å². The zero-order valence-electron chi connectivity index (χ0n) is 11.9. The monoisotopic (exact) mass is 327 g/mol. The standard InChI is InChI=1S/C15H12F3NO4/c1-22-14-11(6-9(8-19-14)7-13(20)21)10-4-2-3-5-12(10)23-15(16,17)18/h2-6,8H,7H2,1H3,(H,20,21). The highest BCUT2D eigenvalue weighted by molar-refractivity contribution is 5.76. The molecule has 0 spiro atoms. The molecule has 0 unspecified atom stereocenters. The molecule has 1 aromatic heterocycles. The Morgan fingerprint density at radius 1 is 1.26 bits per heavy atom. The van der Waals surface area contributed by atoms with Gasteiger partial charge in [-0.25, -0.2) is 4.98 Å². The van der Waals surface area contributed by atoms with E-state index in [1.165, 1.54) is 37.6 Å². The zero-order chi connectivity index (χ0) is 17.0. The number of aliphatic carboxylic acids is 1. The Balaban J connectivity index is 2.54. The average Bonchev–Trinajstić information content (AvgIpc) is 2.45. The molecule has 122 valence electrons. The highest BCUT2D eigenvalue weighted by Crippen LogP contribution is 2.37. The van der Waals surface area contributed by atoms with Crippen LogP contribution in [0.1, 0.15) is 5.56 Å². The molecule has 0 fully saturated rings. The number of alkyl halides is 3. The lowest BCUT2D eigenvalue weighted by atomic mass is 10.0. The fraction of sp³-hybridized carbons (Fsp3) is 0.200. The molecule has 1 N–H and O–H groups in total. The van der Waals surface area contributed by atoms with Gasteiger partial charge in [0.1, 0.15) is 5.75 Å². The molecule has 2 rings (SSSR count). The average molecular weight is 327 g/mol. The van der Waals surface area contributed by atoms with Crippen LogP contribution in [0.25, 0.3) is 11.1 Å². The molecule has 5 nitrogen and oxygen atoms in total. The maximum atomic E-state index is 12.5. The minimum Gasteiger partial charge on any atom is -0.481 e. The minimum atomic E-state index is -4.85. The first-order valence-electron chi connectivity index (χ1n) is 6.40. The van der Waals surface area contributed by atoms with Crippen molar-refractivity contribution in [2.24, 2.45) is 0 Å². The number of benzene rings is 1. The third-order valence-electron chi connectivity index (χ3n) is 2.86. The van der Waals surface area contributed by atoms with Crippen molar-refractivity contribution in [3.63, 3.8) is 0 Å². The fourth-order valence-electron chi connectivity index (χ4n) is 2.03. The van der Waals surface area contributed by atoms with Crippen molar-refractivity contribution in [2.45, 2.75) is 12.8 Å². The molecule has 1 heterocycles. The smallest absolute Gasteiger partial charge is 0.481 e. The number of para-hydroxylation sites is 1. The lowest BCUT2D eigenvalue weighted by molar-refractivity contribution is -0.274. The third-order valence-corrected chi connectivity index (χ3v) is 2.86. The molecule has 0 atom stereocenters. The van der Waals surface area contributed by atoms with Crippen molar-refractivity contribution < 1.29 is 32.5 Å². The second kappa shape index (κ2) is 6.55. The molecule has 1 aromatic carbocycles. The molecule has 0 aliphatic heterocycles. The predicted octanol–water partition coefficient (Wildman–Crippen LogP) is 3.28. The molecule has 8 heteroatoms. The number of carboxylic acid groups (broad SMARTS) is 1. The van der Waals surface area contributed by atoms with Gasteiger partial charge >= 0.3 is 12.3 Å². The number of hydrogen-bond donors (Lipinski definition) is 1. The van der Waals surface area contributed by atoms with E-state index in [2.05, 4.69) is 9.72 Å². The fourth-order valence-corrected chi connectivity index (χ4v) is 2.03. The van der Waals surface area contributed by atoms with Gasteiger partial charge in [0.15, 0.2) is 0 Å². The summed E-state index contributed by atoms with van der Waals surface area (Å²) >= 11 is 0. The van der Waals surface area contributed by atoms with Crippen LogP contribution in [-0.2, 0) is 11.2 Å². The summed E-state index contributed by atoms with van der Waals surface area (Å²) in [6, 6.07) is 6.91. The van der Waals surface area contributed by atoms with Crippen molar-refractivity contribution in [3.8, 4) is 22.8 Å². The first kappa shape index (κ1) is 16.6. The van der Waals surface area contributed by atoms with Gasteiger partial charge in [-0.05, 0) is 17.7 Å². The molecule has 0 bridgehead atoms. The molecule has 23 heavy (non-hydrogen) atoms. The van der Waals surface area contributed by atoms with Crippen LogP contribution >= 0.6 is 0 Å². The number of hydrogen-bond acceptors (Lipinski definition) is 4. The molecular formula is C15H12F3NO4. The van der Waals surface area contributed by atoms with E-state index >= 15 is 0 Å². The van der Waals surface area contributed by atoms with Crippen molar-refractivity contribution in [1.29, 1.82) is 0 Å². The van der Waals surface area contributed by atoms with Gasteiger partial charge in [0.05, 0.1) is 13.5 Å². The quantitative estimate of drug-likeness (QED) is 0.913. The Bertz CT molecular complexity index is 716. The largest absolute Gasteiger partial charge is 0.573 e. The highest BCUT2D eigenvalue weighted by atomic mass is 19.4. The van der Waals surface area contributed by atoms with Gasteiger partial charge in [0.2, 0.25) is 5.88 Å². The molecule has 0 saturated carbocycles. The Morgan fingerprint density at radius 2 is 1.96 bits per heavy atom. The van der Waals surface area contributed by atoms with E-state index in [9.17, 15) is 18.0 Å². The highest BCUT2D eigenvalue weighted by Gasteiger charge is 2.32. The summed E-state index contributed by atoms with van der Waals surface area (Å²) in [4.78, 5) is 14.7. The van der Waals surface area contributed by atoms with Crippen LogP contribution in [0.4, 0.5) is 13.2 Å². The maximum Gasteiger partial charge on any atom is 0.573 e. The van der Waals surface area contributed by atoms with Gasteiger partial charge in [-0.3, -0.25) is 4.79 Å². The van der Waals surface area contributed by atoms with Crippen LogP contribution in [0, 0.1) is 0 Å². The Hall–Kier alpha value is -2.77. The predicted molar refractivity (Wildman–Crippen MR) is 74.2 cm³/mol. The van der Waals surface area contributed by atoms with Crippen LogP contribution in [-0.4, -0.2) is 29.5 Å². The number of ether oxygens (including phenoxy) is 2. The third kappa shape index (κ3) is 4.35. The maximum absolute atomic E-state index is 12.5. The summed E-state index contributed by atoms with van der Waals surface area (Å²) in [5, 5.41) is 8.83. The van der Waals surface area contributed by atoms with Gasteiger partial charge in [0.25, 0.3) is 0 Å². The first-order chi connectivity index (χ1) is 10.8. The number of pyridine rings is 1. The van der Waals surface area contributed by atoms with Crippen LogP contribution in [0.3, 0.4) is 0 Å². The zero-order valence-corrected chi connectivity index (χ0v) is 11.9. The van der Waals surface area contributed by atoms with Crippen molar-refractivity contribution in [1.82, 2.24) is 4.98 Å². The van der Waals surface area contributed by atoms with Crippen molar-refractivity contribution in [3.05, 3.63) is 42.1 Å². The van der Waals surface area contributed by atoms with E-state index in [-0.39, 0.29) is 23.4 Å². The second-order valence-electron chi connectivity index (χ2n) is 4.51. The number of methoxy groups -OCH3 is 1. The van der Waals surface area contributed by atoms with E-state index in [1.54, 1.807) is 0 Å². The van der Waals surface area contributed by atoms with Gasteiger partial charge in [-0.1, -0.05) is 18.2 Å². The van der Waals surface area contributed by atoms with E-state index in [0.29, 0.717) is 5.56 Å². The number of carbonyl (C=O) groups is 1. The van der Waals surface area contributed by atoms with E-state index in [0.717, 1.165) is 6.07 Å². The molecule has 2 aromatic rings. The van der Waals surface area contributed by atoms with Gasteiger partial charge < -0.3 is 14.6 Å².